The van der Waals surface area contributed by atoms with Crippen LogP contribution in [0.3, 0.4) is 0 Å². The molecule has 1 aliphatic heterocycles. The van der Waals surface area contributed by atoms with Crippen LogP contribution in [0.2, 0.25) is 0 Å². The van der Waals surface area contributed by atoms with Crippen molar-refractivity contribution < 1.29 is 9.47 Å². The second-order valence-electron chi connectivity index (χ2n) is 4.44. The highest BCUT2D eigenvalue weighted by atomic mass is 16.5. The molecular weight excluding hydrogens is 214 g/mol. The molecule has 1 aliphatic rings. The van der Waals surface area contributed by atoms with E-state index in [0.29, 0.717) is 19.1 Å². The fraction of sp³-hybridized carbons (Fsp3) is 0.500. The Morgan fingerprint density at radius 3 is 2.71 bits per heavy atom. The van der Waals surface area contributed by atoms with Gasteiger partial charge < -0.3 is 9.47 Å². The van der Waals surface area contributed by atoms with Crippen LogP contribution in [0.1, 0.15) is 25.3 Å². The standard InChI is InChI=1S/C14H17NO2/c1-11-2-5-14(17-11)10-16-13-6-3-12(4-7-13)8-9-15/h3-4,6-7,11,14H,2,5,8,10H2,1H3. The summed E-state index contributed by atoms with van der Waals surface area (Å²) in [6, 6.07) is 9.79. The van der Waals surface area contributed by atoms with Gasteiger partial charge >= 0.3 is 0 Å². The minimum Gasteiger partial charge on any atom is -0.491 e. The van der Waals surface area contributed by atoms with Gasteiger partial charge in [0.25, 0.3) is 0 Å². The molecule has 3 heteroatoms. The van der Waals surface area contributed by atoms with Crippen molar-refractivity contribution >= 4 is 0 Å². The van der Waals surface area contributed by atoms with Gasteiger partial charge in [-0.1, -0.05) is 12.1 Å². The van der Waals surface area contributed by atoms with Crippen molar-refractivity contribution in [2.75, 3.05) is 6.61 Å². The molecule has 1 saturated heterocycles. The fourth-order valence-corrected chi connectivity index (χ4v) is 1.99. The minimum absolute atomic E-state index is 0.226. The predicted octanol–water partition coefficient (Wildman–Crippen LogP) is 2.70. The molecule has 1 aromatic rings. The summed E-state index contributed by atoms with van der Waals surface area (Å²) in [5.41, 5.74) is 1.02. The number of rotatable bonds is 4. The highest BCUT2D eigenvalue weighted by molar-refractivity contribution is 5.28. The van der Waals surface area contributed by atoms with E-state index >= 15 is 0 Å². The fourth-order valence-electron chi connectivity index (χ4n) is 1.99. The van der Waals surface area contributed by atoms with Crippen LogP contribution >= 0.6 is 0 Å². The molecule has 0 aromatic heterocycles. The Kier molecular flexibility index (Phi) is 4.00. The third kappa shape index (κ3) is 3.47. The van der Waals surface area contributed by atoms with E-state index in [1.165, 1.54) is 0 Å². The number of nitriles is 1. The summed E-state index contributed by atoms with van der Waals surface area (Å²) < 4.78 is 11.3. The largest absolute Gasteiger partial charge is 0.491 e. The second-order valence-corrected chi connectivity index (χ2v) is 4.44. The summed E-state index contributed by atoms with van der Waals surface area (Å²) in [6.45, 7) is 2.71. The van der Waals surface area contributed by atoms with Gasteiger partial charge in [-0.25, -0.2) is 0 Å². The maximum atomic E-state index is 8.56. The van der Waals surface area contributed by atoms with E-state index in [-0.39, 0.29) is 6.10 Å². The lowest BCUT2D eigenvalue weighted by molar-refractivity contribution is 0.0264. The van der Waals surface area contributed by atoms with E-state index in [4.69, 9.17) is 14.7 Å². The minimum atomic E-state index is 0.226. The molecule has 0 bridgehead atoms. The molecule has 2 unspecified atom stereocenters. The smallest absolute Gasteiger partial charge is 0.119 e. The van der Waals surface area contributed by atoms with Crippen molar-refractivity contribution in [3.05, 3.63) is 29.8 Å². The molecule has 2 rings (SSSR count). The van der Waals surface area contributed by atoms with Crippen molar-refractivity contribution in [1.82, 2.24) is 0 Å². The first-order valence-corrected chi connectivity index (χ1v) is 6.02. The number of benzene rings is 1. The molecule has 0 saturated carbocycles. The molecule has 0 N–H and O–H groups in total. The van der Waals surface area contributed by atoms with E-state index in [0.717, 1.165) is 24.2 Å². The van der Waals surface area contributed by atoms with Crippen molar-refractivity contribution in [3.8, 4) is 11.8 Å². The molecule has 1 heterocycles. The Bertz CT molecular complexity index is 394. The van der Waals surface area contributed by atoms with Crippen LogP contribution in [0.15, 0.2) is 24.3 Å². The first-order valence-electron chi connectivity index (χ1n) is 6.02. The lowest BCUT2D eigenvalue weighted by Crippen LogP contribution is -2.17. The van der Waals surface area contributed by atoms with Crippen LogP contribution in [0.4, 0.5) is 0 Å². The number of hydrogen-bond donors (Lipinski definition) is 0. The number of nitrogens with zero attached hydrogens (tertiary/aromatic N) is 1. The highest BCUT2D eigenvalue weighted by Crippen LogP contribution is 2.20. The van der Waals surface area contributed by atoms with Gasteiger partial charge in [0.1, 0.15) is 12.4 Å². The van der Waals surface area contributed by atoms with Gasteiger partial charge in [-0.15, -0.1) is 0 Å². The Morgan fingerprint density at radius 2 is 2.12 bits per heavy atom. The monoisotopic (exact) mass is 231 g/mol. The molecule has 3 nitrogen and oxygen atoms in total. The highest BCUT2D eigenvalue weighted by Gasteiger charge is 2.21. The van der Waals surface area contributed by atoms with Crippen molar-refractivity contribution in [2.24, 2.45) is 0 Å². The SMILES string of the molecule is CC1CCC(COc2ccc(CC#N)cc2)O1. The predicted molar refractivity (Wildman–Crippen MR) is 64.8 cm³/mol. The molecule has 17 heavy (non-hydrogen) atoms. The zero-order chi connectivity index (χ0) is 12.1. The van der Waals surface area contributed by atoms with Crippen LogP contribution in [-0.4, -0.2) is 18.8 Å². The lowest BCUT2D eigenvalue weighted by Gasteiger charge is -2.12. The van der Waals surface area contributed by atoms with Crippen LogP contribution in [0.25, 0.3) is 0 Å². The third-order valence-electron chi connectivity index (χ3n) is 2.96. The van der Waals surface area contributed by atoms with Gasteiger partial charge in [0.05, 0.1) is 24.7 Å². The van der Waals surface area contributed by atoms with Crippen molar-refractivity contribution in [1.29, 1.82) is 5.26 Å². The maximum Gasteiger partial charge on any atom is 0.119 e. The zero-order valence-corrected chi connectivity index (χ0v) is 10.1. The molecule has 0 aliphatic carbocycles. The molecule has 90 valence electrons. The van der Waals surface area contributed by atoms with E-state index in [1.54, 1.807) is 0 Å². The van der Waals surface area contributed by atoms with Crippen LogP contribution in [0, 0.1) is 11.3 Å². The molecule has 1 fully saturated rings. The molecule has 1 aromatic carbocycles. The van der Waals surface area contributed by atoms with Gasteiger partial charge in [0, 0.05) is 0 Å². The topological polar surface area (TPSA) is 42.2 Å². The van der Waals surface area contributed by atoms with Crippen LogP contribution in [-0.2, 0) is 11.2 Å². The lowest BCUT2D eigenvalue weighted by atomic mass is 10.2. The first kappa shape index (κ1) is 11.9. The molecule has 0 spiro atoms. The second kappa shape index (κ2) is 5.70. The summed E-state index contributed by atoms with van der Waals surface area (Å²) in [6.07, 6.45) is 3.23. The third-order valence-corrected chi connectivity index (χ3v) is 2.96. The van der Waals surface area contributed by atoms with Gasteiger partial charge in [-0.2, -0.15) is 5.26 Å². The normalized spacial score (nSPS) is 23.3. The van der Waals surface area contributed by atoms with E-state index < -0.39 is 0 Å². The van der Waals surface area contributed by atoms with E-state index in [9.17, 15) is 0 Å². The molecular formula is C14H17NO2. The Balaban J connectivity index is 1.81. The quantitative estimate of drug-likeness (QED) is 0.800. The summed E-state index contributed by atoms with van der Waals surface area (Å²) in [5, 5.41) is 8.56. The zero-order valence-electron chi connectivity index (χ0n) is 10.1. The first-order chi connectivity index (χ1) is 8.28. The Hall–Kier alpha value is -1.53. The molecule has 0 radical (unpaired) electrons. The van der Waals surface area contributed by atoms with Gasteiger partial charge in [-0.3, -0.25) is 0 Å². The summed E-state index contributed by atoms with van der Waals surface area (Å²) in [5.74, 6) is 0.842. The maximum absolute atomic E-state index is 8.56. The average Bonchev–Trinajstić information content (AvgIpc) is 2.75. The molecule has 0 amide bonds. The Labute approximate surface area is 102 Å². The summed E-state index contributed by atoms with van der Waals surface area (Å²) >= 11 is 0. The average molecular weight is 231 g/mol. The van der Waals surface area contributed by atoms with E-state index in [1.807, 2.05) is 24.3 Å². The van der Waals surface area contributed by atoms with Gasteiger partial charge in [0.2, 0.25) is 0 Å². The van der Waals surface area contributed by atoms with E-state index in [2.05, 4.69) is 13.0 Å². The van der Waals surface area contributed by atoms with Crippen molar-refractivity contribution in [2.45, 2.75) is 38.4 Å². The molecule has 2 atom stereocenters. The van der Waals surface area contributed by atoms with Crippen molar-refractivity contribution in [3.63, 3.8) is 0 Å². The summed E-state index contributed by atoms with van der Waals surface area (Å²) in [7, 11) is 0. The van der Waals surface area contributed by atoms with Gasteiger partial charge in [0.15, 0.2) is 0 Å². The number of ether oxygens (including phenoxy) is 2. The van der Waals surface area contributed by atoms with Crippen LogP contribution < -0.4 is 4.74 Å². The van der Waals surface area contributed by atoms with Crippen LogP contribution in [0.5, 0.6) is 5.75 Å². The Morgan fingerprint density at radius 1 is 1.35 bits per heavy atom. The van der Waals surface area contributed by atoms with Gasteiger partial charge in [-0.05, 0) is 37.5 Å². The number of hydrogen-bond acceptors (Lipinski definition) is 3. The summed E-state index contributed by atoms with van der Waals surface area (Å²) in [4.78, 5) is 0.